The molecule has 246 valence electrons. The predicted molar refractivity (Wildman–Crippen MR) is 198 cm³/mol. The lowest BCUT2D eigenvalue weighted by Crippen LogP contribution is -2.35. The highest BCUT2D eigenvalue weighted by atomic mass is 16.1. The van der Waals surface area contributed by atoms with Crippen LogP contribution in [0, 0.1) is 24.2 Å². The van der Waals surface area contributed by atoms with Gasteiger partial charge in [-0.3, -0.25) is 4.79 Å². The fourth-order valence-corrected chi connectivity index (χ4v) is 7.86. The Morgan fingerprint density at radius 1 is 1.00 bits per heavy atom. The van der Waals surface area contributed by atoms with Gasteiger partial charge in [-0.05, 0) is 89.5 Å². The Balaban J connectivity index is 1.06. The third kappa shape index (κ3) is 7.01. The van der Waals surface area contributed by atoms with Crippen molar-refractivity contribution in [1.82, 2.24) is 19.9 Å². The van der Waals surface area contributed by atoms with E-state index in [1.54, 1.807) is 0 Å². The second-order valence-electron chi connectivity index (χ2n) is 14.0. The molecule has 0 saturated heterocycles. The van der Waals surface area contributed by atoms with Crippen molar-refractivity contribution >= 4 is 5.91 Å². The van der Waals surface area contributed by atoms with Crippen molar-refractivity contribution in [3.8, 4) is 34.7 Å². The quantitative estimate of drug-likeness (QED) is 0.129. The predicted octanol–water partition coefficient (Wildman–Crippen LogP) is 8.80. The summed E-state index contributed by atoms with van der Waals surface area (Å²) in [6, 6.07) is 27.5. The van der Waals surface area contributed by atoms with Crippen LogP contribution in [0.15, 0.2) is 110 Å². The number of nitrogens with zero attached hydrogens (tertiary/aromatic N) is 3. The maximum absolute atomic E-state index is 13.9. The first-order valence-electron chi connectivity index (χ1n) is 17.5. The molecule has 2 unspecified atom stereocenters. The summed E-state index contributed by atoms with van der Waals surface area (Å²) < 4.78 is 2.06. The molecular weight excluding hydrogens is 601 g/mol. The Hall–Kier alpha value is -5.21. The Kier molecular flexibility index (Phi) is 9.31. The molecule has 5 aromatic rings. The van der Waals surface area contributed by atoms with E-state index in [-0.39, 0.29) is 17.7 Å². The number of aromatic nitrogens is 3. The van der Waals surface area contributed by atoms with E-state index < -0.39 is 0 Å². The molecule has 7 rings (SSSR count). The third-order valence-electron chi connectivity index (χ3n) is 10.8. The van der Waals surface area contributed by atoms with Gasteiger partial charge in [0.05, 0.1) is 17.2 Å². The summed E-state index contributed by atoms with van der Waals surface area (Å²) in [5.41, 5.74) is 11.0. The second-order valence-corrected chi connectivity index (χ2v) is 14.0. The Morgan fingerprint density at radius 2 is 1.76 bits per heavy atom. The number of rotatable bonds is 9. The van der Waals surface area contributed by atoms with E-state index in [2.05, 4.69) is 102 Å². The van der Waals surface area contributed by atoms with Crippen molar-refractivity contribution in [2.75, 3.05) is 0 Å². The number of allylic oxidation sites excluding steroid dienone is 1. The summed E-state index contributed by atoms with van der Waals surface area (Å²) in [4.78, 5) is 23.7. The number of fused-ring (bicyclic) bond motifs is 1. The average Bonchev–Trinajstić information content (AvgIpc) is 3.70. The molecule has 5 heteroatoms. The number of aryl methyl sites for hydroxylation is 1. The average molecular weight is 645 g/mol. The van der Waals surface area contributed by atoms with E-state index in [4.69, 9.17) is 16.4 Å². The maximum atomic E-state index is 13.9. The van der Waals surface area contributed by atoms with Crippen molar-refractivity contribution in [2.45, 2.75) is 63.8 Å². The number of hydrogen-bond acceptors (Lipinski definition) is 3. The minimum atomic E-state index is -0.203. The Labute approximate surface area is 290 Å². The van der Waals surface area contributed by atoms with E-state index in [1.165, 1.54) is 22.3 Å². The first-order valence-corrected chi connectivity index (χ1v) is 17.5. The minimum absolute atomic E-state index is 0.102. The lowest BCUT2D eigenvalue weighted by atomic mass is 9.72. The molecule has 2 aliphatic rings. The highest BCUT2D eigenvalue weighted by molar-refractivity contribution is 5.84. The van der Waals surface area contributed by atoms with Crippen LogP contribution in [-0.4, -0.2) is 20.4 Å². The van der Waals surface area contributed by atoms with Crippen LogP contribution >= 0.6 is 0 Å². The van der Waals surface area contributed by atoms with Gasteiger partial charge in [-0.15, -0.1) is 6.42 Å². The molecule has 0 bridgehead atoms. The lowest BCUT2D eigenvalue weighted by molar-refractivity contribution is -0.124. The van der Waals surface area contributed by atoms with Crippen LogP contribution in [0.4, 0.5) is 0 Å². The zero-order valence-electron chi connectivity index (χ0n) is 28.5. The van der Waals surface area contributed by atoms with Crippen molar-refractivity contribution in [3.05, 3.63) is 143 Å². The van der Waals surface area contributed by atoms with E-state index >= 15 is 0 Å². The summed E-state index contributed by atoms with van der Waals surface area (Å²) in [5.74, 6) is 4.65. The number of carbonyl (C=O) groups is 1. The van der Waals surface area contributed by atoms with Crippen LogP contribution < -0.4 is 5.32 Å². The van der Waals surface area contributed by atoms with Gasteiger partial charge in [0.25, 0.3) is 0 Å². The number of terminal acetylenes is 1. The van der Waals surface area contributed by atoms with Crippen LogP contribution in [0.3, 0.4) is 0 Å². The third-order valence-corrected chi connectivity index (χ3v) is 10.8. The largest absolute Gasteiger partial charge is 0.357 e. The number of hydrogen-bond donors (Lipinski definition) is 1. The van der Waals surface area contributed by atoms with Gasteiger partial charge in [0, 0.05) is 50.1 Å². The summed E-state index contributed by atoms with van der Waals surface area (Å²) in [5, 5.41) is 3.27. The molecule has 2 atom stereocenters. The second kappa shape index (κ2) is 14.1. The molecule has 1 saturated carbocycles. The summed E-state index contributed by atoms with van der Waals surface area (Å²) in [7, 11) is 2.03. The first kappa shape index (κ1) is 32.3. The maximum Gasteiger partial charge on any atom is 0.228 e. The highest BCUT2D eigenvalue weighted by Gasteiger charge is 2.34. The van der Waals surface area contributed by atoms with Crippen molar-refractivity contribution < 1.29 is 4.79 Å². The van der Waals surface area contributed by atoms with E-state index in [9.17, 15) is 4.79 Å². The zero-order valence-corrected chi connectivity index (χ0v) is 28.5. The van der Waals surface area contributed by atoms with Crippen LogP contribution in [0.25, 0.3) is 22.4 Å². The van der Waals surface area contributed by atoms with Gasteiger partial charge in [0.15, 0.2) is 0 Å². The molecule has 1 amide bonds. The van der Waals surface area contributed by atoms with Gasteiger partial charge in [-0.1, -0.05) is 91.7 Å². The molecule has 0 radical (unpaired) electrons. The normalized spacial score (nSPS) is 19.2. The summed E-state index contributed by atoms with van der Waals surface area (Å²) in [6.07, 6.45) is 17.6. The fourth-order valence-electron chi connectivity index (χ4n) is 7.86. The monoisotopic (exact) mass is 644 g/mol. The first-order chi connectivity index (χ1) is 23.9. The van der Waals surface area contributed by atoms with E-state index in [0.717, 1.165) is 77.9 Å². The summed E-state index contributed by atoms with van der Waals surface area (Å²) >= 11 is 0. The highest BCUT2D eigenvalue weighted by Crippen LogP contribution is 2.41. The van der Waals surface area contributed by atoms with Crippen LogP contribution in [0.5, 0.6) is 0 Å². The van der Waals surface area contributed by atoms with Gasteiger partial charge in [-0.25, -0.2) is 9.97 Å². The molecule has 2 aromatic heterocycles. The van der Waals surface area contributed by atoms with Crippen molar-refractivity contribution in [1.29, 1.82) is 0 Å². The minimum Gasteiger partial charge on any atom is -0.357 e. The zero-order chi connectivity index (χ0) is 33.9. The number of benzene rings is 3. The van der Waals surface area contributed by atoms with Gasteiger partial charge in [0.1, 0.15) is 5.82 Å². The van der Waals surface area contributed by atoms with Crippen LogP contribution in [-0.2, 0) is 31.2 Å². The molecule has 5 nitrogen and oxygen atoms in total. The van der Waals surface area contributed by atoms with Gasteiger partial charge in [-0.2, -0.15) is 0 Å². The smallest absolute Gasteiger partial charge is 0.228 e. The lowest BCUT2D eigenvalue weighted by Gasteiger charge is -2.33. The number of nitrogens with one attached hydrogen (secondary N) is 1. The van der Waals surface area contributed by atoms with Crippen LogP contribution in [0.1, 0.15) is 78.1 Å². The Bertz CT molecular complexity index is 2010. The number of amides is 1. The van der Waals surface area contributed by atoms with E-state index in [1.807, 2.05) is 31.4 Å². The van der Waals surface area contributed by atoms with Gasteiger partial charge >= 0.3 is 0 Å². The molecule has 0 spiro atoms. The summed E-state index contributed by atoms with van der Waals surface area (Å²) in [6.45, 7) is 7.01. The molecule has 0 aliphatic heterocycles. The molecular formula is C44H44N4O. The molecule has 2 aliphatic carbocycles. The molecule has 2 heterocycles. The van der Waals surface area contributed by atoms with Crippen molar-refractivity contribution in [2.24, 2.45) is 18.9 Å². The topological polar surface area (TPSA) is 59.8 Å². The number of carbonyl (C=O) groups excluding carboxylic acids is 1. The molecule has 49 heavy (non-hydrogen) atoms. The van der Waals surface area contributed by atoms with E-state index in [0.29, 0.717) is 18.4 Å². The Morgan fingerprint density at radius 3 is 2.47 bits per heavy atom. The van der Waals surface area contributed by atoms with Gasteiger partial charge in [0.2, 0.25) is 5.91 Å². The van der Waals surface area contributed by atoms with Crippen LogP contribution in [0.2, 0.25) is 0 Å². The SMILES string of the molecule is C#Cc1cnc(CC2CCC(C(C(=O)NCc3ccccc3)c3ccc(-c4ccn(C)c4)cc3)CC2)nc1-c1ccc2c(c1)CC(=C)C2C. The molecule has 1 fully saturated rings. The molecule has 3 aromatic carbocycles. The fraction of sp³-hybridized carbons (Fsp3) is 0.295. The van der Waals surface area contributed by atoms with Gasteiger partial charge < -0.3 is 9.88 Å². The standard InChI is InChI=1S/C44H44N4O/c1-5-33-27-45-41(47-43(33)37-19-20-40-30(3)29(2)23-39(40)25-37)24-31-11-13-35(14-12-31)42(44(49)46-26-32-9-7-6-8-10-32)36-17-15-34(16-18-36)38-21-22-48(4)28-38/h1,6-10,15-22,25,27-28,30-31,35,42H,2,11-14,23-24,26H2,3-4H3,(H,46,49). The molecule has 1 N–H and O–H groups in total. The van der Waals surface area contributed by atoms with Crippen molar-refractivity contribution in [3.63, 3.8) is 0 Å².